The van der Waals surface area contributed by atoms with Crippen LogP contribution in [0.1, 0.15) is 23.2 Å². The first-order valence-electron chi connectivity index (χ1n) is 4.35. The Hall–Kier alpha value is -1.44. The molecule has 3 nitrogen and oxygen atoms in total. The van der Waals surface area contributed by atoms with Crippen LogP contribution in [-0.2, 0) is 12.8 Å². The smallest absolute Gasteiger partial charge is 0.422 e. The Kier molecular flexibility index (Phi) is 3.87. The van der Waals surface area contributed by atoms with Crippen molar-refractivity contribution in [1.29, 1.82) is 0 Å². The summed E-state index contributed by atoms with van der Waals surface area (Å²) in [5.74, 6) is -0.973. The Morgan fingerprint density at radius 3 is 2.35 bits per heavy atom. The number of pyridine rings is 1. The number of rotatable bonds is 3. The number of aliphatic hydroxyl groups is 1. The Labute approximate surface area is 92.8 Å². The van der Waals surface area contributed by atoms with Crippen LogP contribution in [-0.4, -0.2) is 17.2 Å². The van der Waals surface area contributed by atoms with Gasteiger partial charge in [-0.15, -0.1) is 0 Å². The maximum atomic E-state index is 12.6. The first-order valence-corrected chi connectivity index (χ1v) is 4.35. The zero-order chi connectivity index (χ0) is 13.2. The highest BCUT2D eigenvalue weighted by molar-refractivity contribution is 5.40. The highest BCUT2D eigenvalue weighted by atomic mass is 19.4. The fraction of sp³-hybridized carbons (Fsp3) is 0.444. The molecule has 0 radical (unpaired) electrons. The van der Waals surface area contributed by atoms with Crippen LogP contribution in [0.4, 0.5) is 22.0 Å². The fourth-order valence-corrected chi connectivity index (χ4v) is 1.28. The van der Waals surface area contributed by atoms with Crippen LogP contribution in [0.2, 0.25) is 0 Å². The highest BCUT2D eigenvalue weighted by Crippen LogP contribution is 2.41. The number of alkyl halides is 5. The number of hydrogen-bond acceptors (Lipinski definition) is 3. The summed E-state index contributed by atoms with van der Waals surface area (Å²) in [7, 11) is 0.883. The lowest BCUT2D eigenvalue weighted by molar-refractivity contribution is -0.141. The molecule has 0 aliphatic heterocycles. The van der Waals surface area contributed by atoms with Gasteiger partial charge in [-0.05, 0) is 6.07 Å². The molecule has 0 aliphatic carbocycles. The van der Waals surface area contributed by atoms with Gasteiger partial charge in [-0.3, -0.25) is 0 Å². The molecule has 0 bridgehead atoms. The van der Waals surface area contributed by atoms with Crippen LogP contribution in [0, 0.1) is 0 Å². The van der Waals surface area contributed by atoms with Gasteiger partial charge in [-0.1, -0.05) is 0 Å². The van der Waals surface area contributed by atoms with Crippen LogP contribution >= 0.6 is 0 Å². The van der Waals surface area contributed by atoms with E-state index in [0.717, 1.165) is 7.11 Å². The van der Waals surface area contributed by atoms with Gasteiger partial charge in [0.25, 0.3) is 6.43 Å². The van der Waals surface area contributed by atoms with Gasteiger partial charge in [-0.25, -0.2) is 13.8 Å². The Bertz CT molecular complexity index is 405. The number of aliphatic hydroxyl groups excluding tert-OH is 1. The lowest BCUT2D eigenvalue weighted by Crippen LogP contribution is -2.14. The molecule has 1 aromatic rings. The zero-order valence-electron chi connectivity index (χ0n) is 8.55. The van der Waals surface area contributed by atoms with E-state index in [9.17, 15) is 22.0 Å². The fourth-order valence-electron chi connectivity index (χ4n) is 1.28. The van der Waals surface area contributed by atoms with Crippen LogP contribution in [0.15, 0.2) is 6.07 Å². The van der Waals surface area contributed by atoms with Crippen molar-refractivity contribution in [3.63, 3.8) is 0 Å². The summed E-state index contributed by atoms with van der Waals surface area (Å²) < 4.78 is 67.1. The standard InChI is InChI=1S/C9H8F5NO2/c1-17-8-6(9(12,13)14)5(7(10)11)2-4(3-16)15-8/h2,7,16H,3H2,1H3. The maximum absolute atomic E-state index is 12.6. The highest BCUT2D eigenvalue weighted by Gasteiger charge is 2.40. The largest absolute Gasteiger partial charge is 0.481 e. The van der Waals surface area contributed by atoms with E-state index in [4.69, 9.17) is 5.11 Å². The molecular weight excluding hydrogens is 249 g/mol. The topological polar surface area (TPSA) is 42.4 Å². The maximum Gasteiger partial charge on any atom is 0.422 e. The molecule has 1 rings (SSSR count). The van der Waals surface area contributed by atoms with Crippen molar-refractivity contribution in [2.45, 2.75) is 19.2 Å². The molecule has 1 heterocycles. The molecule has 8 heteroatoms. The molecule has 0 amide bonds. The Morgan fingerprint density at radius 2 is 2.00 bits per heavy atom. The first-order chi connectivity index (χ1) is 7.81. The van der Waals surface area contributed by atoms with E-state index in [1.807, 2.05) is 0 Å². The second kappa shape index (κ2) is 4.82. The van der Waals surface area contributed by atoms with E-state index in [2.05, 4.69) is 9.72 Å². The van der Waals surface area contributed by atoms with Gasteiger partial charge < -0.3 is 9.84 Å². The quantitative estimate of drug-likeness (QED) is 0.846. The number of methoxy groups -OCH3 is 1. The minimum absolute atomic E-state index is 0.315. The molecule has 0 atom stereocenters. The number of ether oxygens (including phenoxy) is 1. The average Bonchev–Trinajstić information content (AvgIpc) is 2.25. The molecule has 0 unspecified atom stereocenters. The van der Waals surface area contributed by atoms with E-state index in [1.165, 1.54) is 0 Å². The summed E-state index contributed by atoms with van der Waals surface area (Å²) in [6, 6.07) is 0.510. The van der Waals surface area contributed by atoms with Crippen LogP contribution in [0.25, 0.3) is 0 Å². The SMILES string of the molecule is COc1nc(CO)cc(C(F)F)c1C(F)(F)F. The van der Waals surface area contributed by atoms with Crippen molar-refractivity contribution < 1.29 is 31.8 Å². The molecule has 0 spiro atoms. The van der Waals surface area contributed by atoms with Gasteiger partial charge in [0.05, 0.1) is 19.4 Å². The summed E-state index contributed by atoms with van der Waals surface area (Å²) in [5, 5.41) is 8.71. The lowest BCUT2D eigenvalue weighted by Gasteiger charge is -2.16. The van der Waals surface area contributed by atoms with Crippen LogP contribution in [0.3, 0.4) is 0 Å². The third-order valence-electron chi connectivity index (χ3n) is 1.94. The van der Waals surface area contributed by atoms with E-state index >= 15 is 0 Å². The Morgan fingerprint density at radius 1 is 1.41 bits per heavy atom. The van der Waals surface area contributed by atoms with Crippen molar-refractivity contribution in [2.75, 3.05) is 7.11 Å². The van der Waals surface area contributed by atoms with Crippen LogP contribution in [0.5, 0.6) is 5.88 Å². The minimum atomic E-state index is -5.00. The predicted molar refractivity (Wildman–Crippen MR) is 46.7 cm³/mol. The Balaban J connectivity index is 3.53. The molecule has 0 aliphatic rings. The van der Waals surface area contributed by atoms with Crippen molar-refractivity contribution in [2.24, 2.45) is 0 Å². The van der Waals surface area contributed by atoms with Crippen molar-refractivity contribution in [1.82, 2.24) is 4.98 Å². The molecule has 0 saturated carbocycles. The lowest BCUT2D eigenvalue weighted by atomic mass is 10.1. The van der Waals surface area contributed by atoms with Gasteiger partial charge in [-0.2, -0.15) is 13.2 Å². The number of hydrogen-bond donors (Lipinski definition) is 1. The summed E-state index contributed by atoms with van der Waals surface area (Å²) in [5.41, 5.74) is -3.19. The van der Waals surface area contributed by atoms with Crippen molar-refractivity contribution in [3.05, 3.63) is 22.9 Å². The monoisotopic (exact) mass is 257 g/mol. The average molecular weight is 257 g/mol. The third-order valence-corrected chi connectivity index (χ3v) is 1.94. The first kappa shape index (κ1) is 13.6. The third kappa shape index (κ3) is 2.82. The normalized spacial score (nSPS) is 12.0. The molecule has 0 fully saturated rings. The van der Waals surface area contributed by atoms with Crippen molar-refractivity contribution >= 4 is 0 Å². The van der Waals surface area contributed by atoms with Gasteiger partial charge in [0.2, 0.25) is 5.88 Å². The van der Waals surface area contributed by atoms with Gasteiger partial charge in [0.1, 0.15) is 5.56 Å². The van der Waals surface area contributed by atoms with E-state index in [1.54, 1.807) is 0 Å². The van der Waals surface area contributed by atoms with Gasteiger partial charge >= 0.3 is 6.18 Å². The molecule has 0 saturated heterocycles. The van der Waals surface area contributed by atoms with Crippen LogP contribution < -0.4 is 4.74 Å². The summed E-state index contributed by atoms with van der Waals surface area (Å²) in [4.78, 5) is 3.29. The molecule has 0 aromatic carbocycles. The second-order valence-electron chi connectivity index (χ2n) is 3.04. The summed E-state index contributed by atoms with van der Waals surface area (Å²) in [6.07, 6.45) is -8.34. The number of halogens is 5. The van der Waals surface area contributed by atoms with Gasteiger partial charge in [0.15, 0.2) is 0 Å². The molecule has 96 valence electrons. The molecule has 1 aromatic heterocycles. The van der Waals surface area contributed by atoms with E-state index in [-0.39, 0.29) is 5.69 Å². The van der Waals surface area contributed by atoms with E-state index < -0.39 is 36.2 Å². The number of aromatic nitrogens is 1. The second-order valence-corrected chi connectivity index (χ2v) is 3.04. The predicted octanol–water partition coefficient (Wildman–Crippen LogP) is 2.54. The molecule has 17 heavy (non-hydrogen) atoms. The zero-order valence-corrected chi connectivity index (χ0v) is 8.55. The number of nitrogens with zero attached hydrogens (tertiary/aromatic N) is 1. The van der Waals surface area contributed by atoms with Gasteiger partial charge in [0, 0.05) is 5.56 Å². The molecular formula is C9H8F5NO2. The molecule has 1 N–H and O–H groups in total. The minimum Gasteiger partial charge on any atom is -0.481 e. The summed E-state index contributed by atoms with van der Waals surface area (Å²) >= 11 is 0. The summed E-state index contributed by atoms with van der Waals surface area (Å²) in [6.45, 7) is -0.756. The van der Waals surface area contributed by atoms with Crippen molar-refractivity contribution in [3.8, 4) is 5.88 Å². The van der Waals surface area contributed by atoms with E-state index in [0.29, 0.717) is 6.07 Å².